The Morgan fingerprint density at radius 1 is 0.957 bits per heavy atom. The molecule has 2 aromatic carbocycles. The summed E-state index contributed by atoms with van der Waals surface area (Å²) in [6.07, 6.45) is -4.68. The minimum atomic E-state index is -4.68. The van der Waals surface area contributed by atoms with Crippen molar-refractivity contribution in [2.45, 2.75) is 17.6 Å². The molecule has 0 saturated carbocycles. The first kappa shape index (κ1) is 17.4. The number of sulfonamides is 1. The first-order valence-electron chi connectivity index (χ1n) is 6.20. The Labute approximate surface area is 128 Å². The molecule has 124 valence electrons. The molecule has 0 aliphatic rings. The van der Waals surface area contributed by atoms with Gasteiger partial charge in [-0.15, -0.1) is 0 Å². The summed E-state index contributed by atoms with van der Waals surface area (Å²) in [5, 5.41) is 0. The molecule has 0 radical (unpaired) electrons. The second-order valence-corrected chi connectivity index (χ2v) is 6.39. The van der Waals surface area contributed by atoms with Gasteiger partial charge in [0.1, 0.15) is 11.6 Å². The topological polar surface area (TPSA) is 46.2 Å². The van der Waals surface area contributed by atoms with E-state index in [-0.39, 0.29) is 5.56 Å². The van der Waals surface area contributed by atoms with E-state index < -0.39 is 44.8 Å². The maximum atomic E-state index is 13.0. The molecule has 23 heavy (non-hydrogen) atoms. The molecule has 0 spiro atoms. The Kier molecular flexibility index (Phi) is 4.71. The summed E-state index contributed by atoms with van der Waals surface area (Å²) in [6.45, 7) is -0.465. The molecule has 0 aromatic heterocycles. The average Bonchev–Trinajstić information content (AvgIpc) is 2.44. The van der Waals surface area contributed by atoms with Crippen molar-refractivity contribution in [3.8, 4) is 0 Å². The van der Waals surface area contributed by atoms with Crippen molar-refractivity contribution < 1.29 is 30.4 Å². The number of alkyl halides is 3. The van der Waals surface area contributed by atoms with Crippen LogP contribution in [0.2, 0.25) is 0 Å². The third-order valence-corrected chi connectivity index (χ3v) is 4.26. The molecule has 0 aliphatic carbocycles. The van der Waals surface area contributed by atoms with E-state index in [1.165, 1.54) is 0 Å². The molecule has 0 aliphatic heterocycles. The number of hydrogen-bond donors (Lipinski definition) is 1. The van der Waals surface area contributed by atoms with Gasteiger partial charge in [-0.3, -0.25) is 0 Å². The Morgan fingerprint density at radius 3 is 2.13 bits per heavy atom. The van der Waals surface area contributed by atoms with Crippen LogP contribution in [-0.2, 0) is 22.7 Å². The fourth-order valence-corrected chi connectivity index (χ4v) is 2.88. The van der Waals surface area contributed by atoms with Crippen LogP contribution in [0.15, 0.2) is 47.4 Å². The Morgan fingerprint density at radius 2 is 1.57 bits per heavy atom. The van der Waals surface area contributed by atoms with E-state index in [0.29, 0.717) is 12.1 Å². The number of hydrogen-bond acceptors (Lipinski definition) is 2. The summed E-state index contributed by atoms with van der Waals surface area (Å²) in [6, 6.07) is 5.61. The van der Waals surface area contributed by atoms with Gasteiger partial charge in [0, 0.05) is 12.6 Å². The van der Waals surface area contributed by atoms with Crippen molar-refractivity contribution in [3.63, 3.8) is 0 Å². The summed E-state index contributed by atoms with van der Waals surface area (Å²) < 4.78 is 89.8. The zero-order chi connectivity index (χ0) is 17.3. The molecule has 0 saturated heterocycles. The van der Waals surface area contributed by atoms with Gasteiger partial charge in [-0.05, 0) is 35.9 Å². The molecule has 0 fully saturated rings. The molecule has 0 unspecified atom stereocenters. The lowest BCUT2D eigenvalue weighted by molar-refractivity contribution is -0.137. The maximum absolute atomic E-state index is 13.0. The molecule has 0 amide bonds. The van der Waals surface area contributed by atoms with Crippen LogP contribution in [0.4, 0.5) is 22.0 Å². The van der Waals surface area contributed by atoms with Gasteiger partial charge in [0.25, 0.3) is 0 Å². The van der Waals surface area contributed by atoms with Crippen molar-refractivity contribution >= 4 is 10.0 Å². The molecular weight excluding hydrogens is 341 g/mol. The van der Waals surface area contributed by atoms with Crippen LogP contribution in [0.5, 0.6) is 0 Å². The van der Waals surface area contributed by atoms with E-state index in [2.05, 4.69) is 0 Å². The number of nitrogens with one attached hydrogen (secondary N) is 1. The van der Waals surface area contributed by atoms with Crippen molar-refractivity contribution in [3.05, 3.63) is 65.2 Å². The Balaban J connectivity index is 2.22. The highest BCUT2D eigenvalue weighted by Gasteiger charge is 2.31. The van der Waals surface area contributed by atoms with E-state index in [0.717, 1.165) is 30.3 Å². The minimum Gasteiger partial charge on any atom is -0.207 e. The average molecular weight is 351 g/mol. The summed E-state index contributed by atoms with van der Waals surface area (Å²) in [5.74, 6) is -1.78. The predicted octanol–water partition coefficient (Wildman–Crippen LogP) is 3.46. The van der Waals surface area contributed by atoms with Gasteiger partial charge < -0.3 is 0 Å². The minimum absolute atomic E-state index is 0.00180. The number of halogens is 5. The monoisotopic (exact) mass is 351 g/mol. The molecule has 1 N–H and O–H groups in total. The highest BCUT2D eigenvalue weighted by atomic mass is 32.2. The van der Waals surface area contributed by atoms with Crippen LogP contribution in [0.25, 0.3) is 0 Å². The van der Waals surface area contributed by atoms with Crippen LogP contribution in [0.3, 0.4) is 0 Å². The number of benzene rings is 2. The summed E-state index contributed by atoms with van der Waals surface area (Å²) >= 11 is 0. The second kappa shape index (κ2) is 6.25. The van der Waals surface area contributed by atoms with Gasteiger partial charge in [-0.25, -0.2) is 21.9 Å². The second-order valence-electron chi connectivity index (χ2n) is 4.63. The smallest absolute Gasteiger partial charge is 0.207 e. The molecular formula is C14H10F5NO2S. The standard InChI is InChI=1S/C14H10F5NO2S/c15-11-4-9(5-12(16)7-11)8-20-23(21,22)13-3-1-2-10(6-13)14(17,18)19/h1-7,20H,8H2. The third-order valence-electron chi connectivity index (χ3n) is 2.86. The molecule has 3 nitrogen and oxygen atoms in total. The van der Waals surface area contributed by atoms with E-state index in [1.807, 2.05) is 4.72 Å². The normalized spacial score (nSPS) is 12.4. The lowest BCUT2D eigenvalue weighted by atomic mass is 10.2. The molecule has 0 heterocycles. The van der Waals surface area contributed by atoms with E-state index in [1.54, 1.807) is 0 Å². The SMILES string of the molecule is O=S(=O)(NCc1cc(F)cc(F)c1)c1cccc(C(F)(F)F)c1. The zero-order valence-corrected chi connectivity index (χ0v) is 12.2. The zero-order valence-electron chi connectivity index (χ0n) is 11.4. The van der Waals surface area contributed by atoms with E-state index in [9.17, 15) is 30.4 Å². The molecule has 0 bridgehead atoms. The van der Waals surface area contributed by atoms with Gasteiger partial charge in [-0.1, -0.05) is 6.07 Å². The summed E-state index contributed by atoms with van der Waals surface area (Å²) in [7, 11) is -4.26. The van der Waals surface area contributed by atoms with Gasteiger partial charge in [-0.2, -0.15) is 13.2 Å². The van der Waals surface area contributed by atoms with E-state index >= 15 is 0 Å². The number of rotatable bonds is 4. The predicted molar refractivity (Wildman–Crippen MR) is 71.8 cm³/mol. The Bertz CT molecular complexity index is 798. The van der Waals surface area contributed by atoms with Gasteiger partial charge in [0.15, 0.2) is 0 Å². The molecule has 9 heteroatoms. The molecule has 2 aromatic rings. The lowest BCUT2D eigenvalue weighted by Crippen LogP contribution is -2.23. The van der Waals surface area contributed by atoms with Crippen molar-refractivity contribution in [2.75, 3.05) is 0 Å². The van der Waals surface area contributed by atoms with Crippen LogP contribution in [0.1, 0.15) is 11.1 Å². The van der Waals surface area contributed by atoms with Crippen LogP contribution >= 0.6 is 0 Å². The van der Waals surface area contributed by atoms with Crippen LogP contribution < -0.4 is 4.72 Å². The molecule has 2 rings (SSSR count). The highest BCUT2D eigenvalue weighted by Crippen LogP contribution is 2.30. The van der Waals surface area contributed by atoms with Crippen LogP contribution in [-0.4, -0.2) is 8.42 Å². The quantitative estimate of drug-likeness (QED) is 0.858. The third kappa shape index (κ3) is 4.49. The van der Waals surface area contributed by atoms with Crippen molar-refractivity contribution in [1.29, 1.82) is 0 Å². The first-order chi connectivity index (χ1) is 10.6. The van der Waals surface area contributed by atoms with Crippen LogP contribution in [0, 0.1) is 11.6 Å². The van der Waals surface area contributed by atoms with Gasteiger partial charge >= 0.3 is 6.18 Å². The maximum Gasteiger partial charge on any atom is 0.416 e. The van der Waals surface area contributed by atoms with Crippen molar-refractivity contribution in [2.24, 2.45) is 0 Å². The van der Waals surface area contributed by atoms with Crippen molar-refractivity contribution in [1.82, 2.24) is 4.72 Å². The van der Waals surface area contributed by atoms with Gasteiger partial charge in [0.2, 0.25) is 10.0 Å². The van der Waals surface area contributed by atoms with Gasteiger partial charge in [0.05, 0.1) is 10.5 Å². The Hall–Kier alpha value is -2.00. The first-order valence-corrected chi connectivity index (χ1v) is 7.68. The van der Waals surface area contributed by atoms with E-state index in [4.69, 9.17) is 0 Å². The largest absolute Gasteiger partial charge is 0.416 e. The highest BCUT2D eigenvalue weighted by molar-refractivity contribution is 7.89. The fourth-order valence-electron chi connectivity index (χ4n) is 1.81. The molecule has 0 atom stereocenters. The lowest BCUT2D eigenvalue weighted by Gasteiger charge is -2.10. The summed E-state index contributed by atoms with van der Waals surface area (Å²) in [5.41, 5.74) is -1.12. The summed E-state index contributed by atoms with van der Waals surface area (Å²) in [4.78, 5) is -0.593. The fraction of sp³-hybridized carbons (Fsp3) is 0.143.